The van der Waals surface area contributed by atoms with Crippen molar-refractivity contribution in [3.8, 4) is 29.0 Å². The second-order valence-corrected chi connectivity index (χ2v) is 8.54. The summed E-state index contributed by atoms with van der Waals surface area (Å²) in [4.78, 5) is 10.4. The van der Waals surface area contributed by atoms with Crippen LogP contribution in [0.15, 0.2) is 12.1 Å². The SMILES string of the molecule is COc1nc2c3c(c(Cl)c(-c4ccc(F)c5sc(N)c(C#N)c45)c(F)c3n1)OCCN2C. The zero-order chi connectivity index (χ0) is 22.7. The van der Waals surface area contributed by atoms with Crippen LogP contribution in [0, 0.1) is 23.0 Å². The maximum absolute atomic E-state index is 16.1. The molecule has 0 unspecified atom stereocenters. The van der Waals surface area contributed by atoms with Crippen LogP contribution in [0.5, 0.6) is 11.8 Å². The number of halogens is 3. The monoisotopic (exact) mass is 473 g/mol. The summed E-state index contributed by atoms with van der Waals surface area (Å²) in [5.41, 5.74) is 6.09. The highest BCUT2D eigenvalue weighted by Crippen LogP contribution is 2.50. The van der Waals surface area contributed by atoms with Gasteiger partial charge in [-0.1, -0.05) is 17.7 Å². The fourth-order valence-electron chi connectivity index (χ4n) is 3.87. The fourth-order valence-corrected chi connectivity index (χ4v) is 5.16. The van der Waals surface area contributed by atoms with Crippen molar-refractivity contribution in [1.29, 1.82) is 5.26 Å². The molecule has 0 aliphatic carbocycles. The van der Waals surface area contributed by atoms with Crippen molar-refractivity contribution in [3.05, 3.63) is 34.4 Å². The number of hydrogen-bond acceptors (Lipinski definition) is 8. The second-order valence-electron chi connectivity index (χ2n) is 7.11. The van der Waals surface area contributed by atoms with Crippen LogP contribution < -0.4 is 20.1 Å². The summed E-state index contributed by atoms with van der Waals surface area (Å²) < 4.78 is 41.8. The van der Waals surface area contributed by atoms with Gasteiger partial charge in [0.05, 0.1) is 34.3 Å². The van der Waals surface area contributed by atoms with E-state index in [1.54, 1.807) is 11.9 Å². The van der Waals surface area contributed by atoms with Gasteiger partial charge in [-0.25, -0.2) is 8.78 Å². The van der Waals surface area contributed by atoms with Gasteiger partial charge in [0.15, 0.2) is 11.6 Å². The first kappa shape index (κ1) is 20.5. The number of ether oxygens (including phenoxy) is 2. The number of nitrogens with two attached hydrogens (primary N) is 1. The molecule has 4 aromatic rings. The van der Waals surface area contributed by atoms with E-state index in [0.717, 1.165) is 11.3 Å². The van der Waals surface area contributed by atoms with Gasteiger partial charge in [-0.05, 0) is 11.6 Å². The normalized spacial score (nSPS) is 13.2. The number of benzene rings is 2. The predicted octanol–water partition coefficient (Wildman–Crippen LogP) is 4.73. The first-order chi connectivity index (χ1) is 15.4. The van der Waals surface area contributed by atoms with Gasteiger partial charge in [0.25, 0.3) is 0 Å². The van der Waals surface area contributed by atoms with Gasteiger partial charge >= 0.3 is 6.01 Å². The predicted molar refractivity (Wildman–Crippen MR) is 120 cm³/mol. The van der Waals surface area contributed by atoms with Gasteiger partial charge in [-0.2, -0.15) is 15.2 Å². The maximum Gasteiger partial charge on any atom is 0.318 e. The summed E-state index contributed by atoms with van der Waals surface area (Å²) in [6, 6.07) is 4.52. The van der Waals surface area contributed by atoms with Crippen molar-refractivity contribution in [1.82, 2.24) is 9.97 Å². The minimum absolute atomic E-state index is 0.0260. The average molecular weight is 474 g/mol. The topological polar surface area (TPSA) is 97.3 Å². The van der Waals surface area contributed by atoms with Crippen LogP contribution in [0.2, 0.25) is 5.02 Å². The fraction of sp³-hybridized carbons (Fsp3) is 0.190. The minimum Gasteiger partial charge on any atom is -0.489 e. The van der Waals surface area contributed by atoms with E-state index >= 15 is 4.39 Å². The number of nitrogen functional groups attached to an aromatic ring is 1. The Balaban J connectivity index is 1.97. The summed E-state index contributed by atoms with van der Waals surface area (Å²) in [6.45, 7) is 0.737. The number of anilines is 2. The van der Waals surface area contributed by atoms with Crippen molar-refractivity contribution in [2.75, 3.05) is 37.9 Å². The van der Waals surface area contributed by atoms with Gasteiger partial charge in [-0.15, -0.1) is 11.3 Å². The van der Waals surface area contributed by atoms with E-state index in [1.165, 1.54) is 19.2 Å². The number of methoxy groups -OCH3 is 1. The van der Waals surface area contributed by atoms with Crippen molar-refractivity contribution in [2.24, 2.45) is 0 Å². The lowest BCUT2D eigenvalue weighted by Crippen LogP contribution is -2.22. The van der Waals surface area contributed by atoms with Gasteiger partial charge in [0.1, 0.15) is 34.8 Å². The molecule has 2 N–H and O–H groups in total. The van der Waals surface area contributed by atoms with E-state index in [4.69, 9.17) is 26.8 Å². The Morgan fingerprint density at radius 2 is 2.09 bits per heavy atom. The Morgan fingerprint density at radius 3 is 2.81 bits per heavy atom. The van der Waals surface area contributed by atoms with Crippen LogP contribution in [0.3, 0.4) is 0 Å². The summed E-state index contributed by atoms with van der Waals surface area (Å²) in [7, 11) is 3.17. The molecule has 0 radical (unpaired) electrons. The molecule has 32 heavy (non-hydrogen) atoms. The lowest BCUT2D eigenvalue weighted by molar-refractivity contribution is 0.333. The van der Waals surface area contributed by atoms with Crippen LogP contribution in [-0.2, 0) is 0 Å². The van der Waals surface area contributed by atoms with Crippen LogP contribution in [0.25, 0.3) is 32.1 Å². The van der Waals surface area contributed by atoms with E-state index in [1.807, 2.05) is 6.07 Å². The molecule has 162 valence electrons. The first-order valence-corrected chi connectivity index (χ1v) is 10.6. The Hall–Kier alpha value is -3.42. The molecule has 1 aliphatic heterocycles. The highest BCUT2D eigenvalue weighted by atomic mass is 35.5. The molecule has 0 atom stereocenters. The van der Waals surface area contributed by atoms with Crippen LogP contribution in [0.4, 0.5) is 19.6 Å². The molecule has 11 heteroatoms. The molecule has 5 rings (SSSR count). The second kappa shape index (κ2) is 7.32. The summed E-state index contributed by atoms with van der Waals surface area (Å²) >= 11 is 7.61. The van der Waals surface area contributed by atoms with Gasteiger partial charge in [0, 0.05) is 18.0 Å². The number of likely N-dealkylation sites (N-methyl/N-ethyl adjacent to an activating group) is 1. The third kappa shape index (κ3) is 2.75. The molecule has 2 aromatic carbocycles. The zero-order valence-corrected chi connectivity index (χ0v) is 18.4. The lowest BCUT2D eigenvalue weighted by Gasteiger charge is -2.18. The number of fused-ring (bicyclic) bond motifs is 1. The largest absolute Gasteiger partial charge is 0.489 e. The van der Waals surface area contributed by atoms with E-state index in [9.17, 15) is 9.65 Å². The number of thiophene rings is 1. The summed E-state index contributed by atoms with van der Waals surface area (Å²) in [5, 5.41) is 10.2. The molecule has 1 aliphatic rings. The van der Waals surface area contributed by atoms with E-state index in [-0.39, 0.29) is 60.7 Å². The quantitative estimate of drug-likeness (QED) is 0.449. The highest BCUT2D eigenvalue weighted by molar-refractivity contribution is 7.23. The minimum atomic E-state index is -0.767. The smallest absolute Gasteiger partial charge is 0.318 e. The Labute approximate surface area is 189 Å². The average Bonchev–Trinajstić information content (AvgIpc) is 3.03. The summed E-state index contributed by atoms with van der Waals surface area (Å²) in [6.07, 6.45) is 0. The van der Waals surface area contributed by atoms with Crippen molar-refractivity contribution >= 4 is 54.7 Å². The third-order valence-electron chi connectivity index (χ3n) is 5.36. The molecule has 7 nitrogen and oxygen atoms in total. The molecule has 0 amide bonds. The number of nitriles is 1. The van der Waals surface area contributed by atoms with Gasteiger partial charge in [-0.3, -0.25) is 0 Å². The van der Waals surface area contributed by atoms with E-state index < -0.39 is 11.6 Å². The molecular weight excluding hydrogens is 460 g/mol. The van der Waals surface area contributed by atoms with Crippen molar-refractivity contribution < 1.29 is 18.3 Å². The third-order valence-corrected chi connectivity index (χ3v) is 6.75. The molecule has 2 aromatic heterocycles. The van der Waals surface area contributed by atoms with Gasteiger partial charge in [0.2, 0.25) is 0 Å². The van der Waals surface area contributed by atoms with Gasteiger partial charge < -0.3 is 20.1 Å². The standard InChI is InChI=1S/C21H14ClF2N5O2S/c1-29-5-6-31-17-13-16(27-21(30-2)28-20(13)29)15(24)12(14(17)22)8-3-4-10(23)18-11(8)9(7-25)19(26)32-18/h3-4H,5-6,26H2,1-2H3. The Morgan fingerprint density at radius 1 is 1.31 bits per heavy atom. The molecule has 0 fully saturated rings. The van der Waals surface area contributed by atoms with Crippen LogP contribution >= 0.6 is 22.9 Å². The number of hydrogen-bond donors (Lipinski definition) is 1. The first-order valence-electron chi connectivity index (χ1n) is 9.38. The number of nitrogens with zero attached hydrogens (tertiary/aromatic N) is 4. The Kier molecular flexibility index (Phi) is 4.69. The molecule has 0 spiro atoms. The molecule has 3 heterocycles. The lowest BCUT2D eigenvalue weighted by atomic mass is 9.96. The van der Waals surface area contributed by atoms with Crippen molar-refractivity contribution in [3.63, 3.8) is 0 Å². The molecule has 0 bridgehead atoms. The molecular formula is C21H14ClF2N5O2S. The Bertz CT molecular complexity index is 1480. The van der Waals surface area contributed by atoms with Crippen LogP contribution in [0.1, 0.15) is 5.56 Å². The summed E-state index contributed by atoms with van der Waals surface area (Å²) in [5.74, 6) is -0.717. The number of aromatic nitrogens is 2. The number of rotatable bonds is 2. The van der Waals surface area contributed by atoms with Crippen LogP contribution in [-0.4, -0.2) is 37.3 Å². The molecule has 0 saturated carbocycles. The molecule has 0 saturated heterocycles. The van der Waals surface area contributed by atoms with Crippen molar-refractivity contribution in [2.45, 2.75) is 0 Å². The zero-order valence-electron chi connectivity index (χ0n) is 16.8. The maximum atomic E-state index is 16.1. The highest BCUT2D eigenvalue weighted by Gasteiger charge is 2.30. The van der Waals surface area contributed by atoms with E-state index in [2.05, 4.69) is 9.97 Å². The van der Waals surface area contributed by atoms with E-state index in [0.29, 0.717) is 17.7 Å².